The first-order valence-corrected chi connectivity index (χ1v) is 7.26. The Kier molecular flexibility index (Phi) is 4.09. The molecule has 1 rings (SSSR count). The fourth-order valence-corrected chi connectivity index (χ4v) is 2.80. The van der Waals surface area contributed by atoms with Crippen LogP contribution in [0.5, 0.6) is 0 Å². The summed E-state index contributed by atoms with van der Waals surface area (Å²) in [4.78, 5) is 4.22. The normalized spacial score (nSPS) is 16.0. The summed E-state index contributed by atoms with van der Waals surface area (Å²) in [6.07, 6.45) is 4.85. The Labute approximate surface area is 96.8 Å². The minimum absolute atomic E-state index is 0.0387. The van der Waals surface area contributed by atoms with E-state index in [4.69, 9.17) is 0 Å². The van der Waals surface area contributed by atoms with Crippen molar-refractivity contribution in [3.63, 3.8) is 0 Å². The maximum Gasteiger partial charge on any atom is 0.148 e. The first kappa shape index (κ1) is 13.2. The average molecular weight is 245 g/mol. The first-order chi connectivity index (χ1) is 7.29. The number of nitrogens with one attached hydrogen (secondary N) is 1. The van der Waals surface area contributed by atoms with Gasteiger partial charge in [0.05, 0.1) is 11.8 Å². The Morgan fingerprint density at radius 2 is 2.12 bits per heavy atom. The van der Waals surface area contributed by atoms with Crippen LogP contribution in [0.3, 0.4) is 0 Å². The van der Waals surface area contributed by atoms with Crippen molar-refractivity contribution >= 4 is 9.84 Å². The van der Waals surface area contributed by atoms with Crippen molar-refractivity contribution in [3.8, 4) is 0 Å². The summed E-state index contributed by atoms with van der Waals surface area (Å²) < 4.78 is 24.2. The molecule has 92 valence electrons. The lowest BCUT2D eigenvalue weighted by atomic mass is 10.2. The lowest BCUT2D eigenvalue weighted by Crippen LogP contribution is -2.35. The molecule has 5 nitrogen and oxygen atoms in total. The topological polar surface area (TPSA) is 64.0 Å². The maximum absolute atomic E-state index is 11.1. The summed E-state index contributed by atoms with van der Waals surface area (Å²) in [5.74, 6) is 1.04. The van der Waals surface area contributed by atoms with Crippen molar-refractivity contribution in [3.05, 3.63) is 18.2 Å². The molecule has 0 aliphatic rings. The van der Waals surface area contributed by atoms with Gasteiger partial charge in [0.25, 0.3) is 0 Å². The zero-order valence-electron chi connectivity index (χ0n) is 10.1. The second kappa shape index (κ2) is 4.97. The second-order valence-electron chi connectivity index (χ2n) is 4.28. The number of imidazole rings is 1. The number of rotatable bonds is 5. The van der Waals surface area contributed by atoms with Crippen LogP contribution in [0.2, 0.25) is 0 Å². The Morgan fingerprint density at radius 3 is 2.56 bits per heavy atom. The van der Waals surface area contributed by atoms with E-state index in [0.29, 0.717) is 0 Å². The third kappa shape index (κ3) is 3.94. The summed E-state index contributed by atoms with van der Waals surface area (Å²) in [6, 6.07) is -0.0431. The summed E-state index contributed by atoms with van der Waals surface area (Å²) in [7, 11) is -1.02. The lowest BCUT2D eigenvalue weighted by molar-refractivity contribution is 0.474. The van der Waals surface area contributed by atoms with E-state index in [1.54, 1.807) is 6.20 Å². The molecule has 0 amide bonds. The van der Waals surface area contributed by atoms with Gasteiger partial charge in [-0.1, -0.05) is 0 Å². The summed E-state index contributed by atoms with van der Waals surface area (Å²) in [5, 5.41) is 3.22. The summed E-state index contributed by atoms with van der Waals surface area (Å²) >= 11 is 0. The maximum atomic E-state index is 11.1. The molecule has 2 atom stereocenters. The third-order valence-electron chi connectivity index (χ3n) is 2.33. The van der Waals surface area contributed by atoms with Gasteiger partial charge in [0.15, 0.2) is 0 Å². The minimum Gasteiger partial charge on any atom is -0.337 e. The average Bonchev–Trinajstić information content (AvgIpc) is 2.47. The van der Waals surface area contributed by atoms with E-state index < -0.39 is 9.84 Å². The first-order valence-electron chi connectivity index (χ1n) is 5.20. The van der Waals surface area contributed by atoms with Crippen LogP contribution in [-0.2, 0) is 16.9 Å². The molecular weight excluding hydrogens is 226 g/mol. The van der Waals surface area contributed by atoms with Crippen LogP contribution in [0.4, 0.5) is 0 Å². The molecule has 6 heteroatoms. The largest absolute Gasteiger partial charge is 0.337 e. The van der Waals surface area contributed by atoms with E-state index in [2.05, 4.69) is 10.3 Å². The van der Waals surface area contributed by atoms with Gasteiger partial charge in [0, 0.05) is 31.7 Å². The van der Waals surface area contributed by atoms with Crippen molar-refractivity contribution in [2.45, 2.75) is 25.9 Å². The number of nitrogens with zero attached hydrogens (tertiary/aromatic N) is 2. The molecule has 0 saturated heterocycles. The number of hydrogen-bond acceptors (Lipinski definition) is 4. The number of aromatic nitrogens is 2. The van der Waals surface area contributed by atoms with Crippen molar-refractivity contribution < 1.29 is 8.42 Å². The Balaban J connectivity index is 2.59. The molecule has 1 N–H and O–H groups in total. The van der Waals surface area contributed by atoms with E-state index in [9.17, 15) is 8.42 Å². The molecule has 1 heterocycles. The fourth-order valence-electron chi connectivity index (χ4n) is 1.80. The van der Waals surface area contributed by atoms with E-state index >= 15 is 0 Å². The van der Waals surface area contributed by atoms with Gasteiger partial charge in [-0.2, -0.15) is 0 Å². The highest BCUT2D eigenvalue weighted by Gasteiger charge is 2.16. The number of sulfone groups is 1. The monoisotopic (exact) mass is 245 g/mol. The van der Waals surface area contributed by atoms with Crippen LogP contribution in [0.1, 0.15) is 25.7 Å². The lowest BCUT2D eigenvalue weighted by Gasteiger charge is -2.19. The molecule has 0 radical (unpaired) electrons. The van der Waals surface area contributed by atoms with Gasteiger partial charge in [-0.25, -0.2) is 13.4 Å². The van der Waals surface area contributed by atoms with E-state index in [1.165, 1.54) is 6.26 Å². The standard InChI is InChI=1S/C10H19N3O2S/c1-8(7-16(4,14)15)12-9(2)10-11-5-6-13(10)3/h5-6,8-9,12H,7H2,1-4H3. The van der Waals surface area contributed by atoms with Crippen molar-refractivity contribution in [1.82, 2.24) is 14.9 Å². The molecule has 0 aliphatic carbocycles. The van der Waals surface area contributed by atoms with Crippen molar-refractivity contribution in [2.24, 2.45) is 7.05 Å². The highest BCUT2D eigenvalue weighted by Crippen LogP contribution is 2.09. The van der Waals surface area contributed by atoms with Gasteiger partial charge >= 0.3 is 0 Å². The summed E-state index contributed by atoms with van der Waals surface area (Å²) in [6.45, 7) is 3.83. The van der Waals surface area contributed by atoms with Crippen LogP contribution in [0, 0.1) is 0 Å². The van der Waals surface area contributed by atoms with Crippen LogP contribution < -0.4 is 5.32 Å². The minimum atomic E-state index is -2.94. The molecule has 0 aliphatic heterocycles. The Hall–Kier alpha value is -0.880. The molecule has 0 spiro atoms. The number of hydrogen-bond donors (Lipinski definition) is 1. The third-order valence-corrected chi connectivity index (χ3v) is 3.44. The van der Waals surface area contributed by atoms with E-state index in [0.717, 1.165) is 5.82 Å². The molecule has 0 fully saturated rings. The molecule has 0 bridgehead atoms. The van der Waals surface area contributed by atoms with Crippen molar-refractivity contribution in [2.75, 3.05) is 12.0 Å². The van der Waals surface area contributed by atoms with Crippen LogP contribution >= 0.6 is 0 Å². The zero-order valence-corrected chi connectivity index (χ0v) is 11.0. The van der Waals surface area contributed by atoms with Gasteiger partial charge in [0.1, 0.15) is 15.7 Å². The van der Waals surface area contributed by atoms with Crippen LogP contribution in [0.25, 0.3) is 0 Å². The zero-order chi connectivity index (χ0) is 12.3. The molecule has 1 aromatic rings. The van der Waals surface area contributed by atoms with Gasteiger partial charge in [-0.3, -0.25) is 0 Å². The predicted octanol–water partition coefficient (Wildman–Crippen LogP) is 0.504. The van der Waals surface area contributed by atoms with Crippen LogP contribution in [0.15, 0.2) is 12.4 Å². The Morgan fingerprint density at radius 1 is 1.50 bits per heavy atom. The molecule has 16 heavy (non-hydrogen) atoms. The van der Waals surface area contributed by atoms with Gasteiger partial charge in [-0.05, 0) is 13.8 Å². The summed E-state index contributed by atoms with van der Waals surface area (Å²) in [5.41, 5.74) is 0. The fraction of sp³-hybridized carbons (Fsp3) is 0.700. The van der Waals surface area contributed by atoms with Crippen molar-refractivity contribution in [1.29, 1.82) is 0 Å². The van der Waals surface area contributed by atoms with Gasteiger partial charge in [-0.15, -0.1) is 0 Å². The van der Waals surface area contributed by atoms with E-state index in [1.807, 2.05) is 31.7 Å². The van der Waals surface area contributed by atoms with E-state index in [-0.39, 0.29) is 17.8 Å². The number of aryl methyl sites for hydroxylation is 1. The van der Waals surface area contributed by atoms with Crippen LogP contribution in [-0.4, -0.2) is 36.0 Å². The highest BCUT2D eigenvalue weighted by molar-refractivity contribution is 7.90. The smallest absolute Gasteiger partial charge is 0.148 e. The molecular formula is C10H19N3O2S. The Bertz CT molecular complexity index is 439. The highest BCUT2D eigenvalue weighted by atomic mass is 32.2. The van der Waals surface area contributed by atoms with Gasteiger partial charge in [0.2, 0.25) is 0 Å². The molecule has 0 saturated carbocycles. The molecule has 1 aromatic heterocycles. The predicted molar refractivity (Wildman–Crippen MR) is 63.9 cm³/mol. The quantitative estimate of drug-likeness (QED) is 0.820. The molecule has 0 aromatic carbocycles. The molecule has 2 unspecified atom stereocenters. The van der Waals surface area contributed by atoms with Gasteiger partial charge < -0.3 is 9.88 Å². The SMILES string of the molecule is CC(CS(C)(=O)=O)NC(C)c1nccn1C. The second-order valence-corrected chi connectivity index (χ2v) is 6.46.